The van der Waals surface area contributed by atoms with Crippen LogP contribution in [0, 0.1) is 0 Å². The summed E-state index contributed by atoms with van der Waals surface area (Å²) in [5, 5.41) is 51.0. The van der Waals surface area contributed by atoms with Crippen molar-refractivity contribution in [2.75, 3.05) is 32.8 Å². The molecule has 24 nitrogen and oxygen atoms in total. The van der Waals surface area contributed by atoms with Crippen molar-refractivity contribution in [3.8, 4) is 0 Å². The molecule has 0 unspecified atom stereocenters. The second-order valence-electron chi connectivity index (χ2n) is 12.0. The van der Waals surface area contributed by atoms with E-state index in [2.05, 4.69) is 36.9 Å². The van der Waals surface area contributed by atoms with Crippen molar-refractivity contribution in [2.45, 2.75) is 88.3 Å². The van der Waals surface area contributed by atoms with Crippen LogP contribution in [0.15, 0.2) is 4.99 Å². The lowest BCUT2D eigenvalue weighted by Crippen LogP contribution is -2.59. The van der Waals surface area contributed by atoms with E-state index in [1.165, 1.54) is 13.8 Å². The number of carboxylic acids is 2. The second kappa shape index (κ2) is 22.3. The summed E-state index contributed by atoms with van der Waals surface area (Å²) >= 11 is 0. The molecule has 1 heterocycles. The minimum atomic E-state index is -1.82. The molecule has 1 aliphatic heterocycles. The molecule has 7 amide bonds. The fourth-order valence-electron chi connectivity index (χ4n) is 4.77. The maximum absolute atomic E-state index is 13.2. The van der Waals surface area contributed by atoms with Gasteiger partial charge in [0.05, 0.1) is 32.2 Å². The van der Waals surface area contributed by atoms with Gasteiger partial charge in [0.1, 0.15) is 36.3 Å². The molecular weight excluding hydrogens is 710 g/mol. The lowest BCUT2D eigenvalue weighted by atomic mass is 10.1. The van der Waals surface area contributed by atoms with Crippen LogP contribution in [-0.2, 0) is 43.2 Å². The Balaban J connectivity index is 2.94. The zero-order valence-corrected chi connectivity index (χ0v) is 29.2. The number of carboxylic acid groups (broad SMARTS) is 2. The Morgan fingerprint density at radius 1 is 0.830 bits per heavy atom. The van der Waals surface area contributed by atoms with Crippen LogP contribution >= 0.6 is 0 Å². The van der Waals surface area contributed by atoms with Crippen molar-refractivity contribution in [3.05, 3.63) is 0 Å². The summed E-state index contributed by atoms with van der Waals surface area (Å²) in [5.41, 5.74) is 16.1. The van der Waals surface area contributed by atoms with Crippen molar-refractivity contribution in [1.29, 1.82) is 0 Å². The minimum Gasteiger partial charge on any atom is -0.481 e. The SMILES string of the molecule is C[C@H](NC(=O)[C@@H]1CCCN1C(=O)[C@H](CO)NC(=O)[C@H](CC(=O)O)NC(=O)CNC(=O)[C@H](CCCN=C(N)N)NC(=O)CNC(=O)[C@@H](N)[C@@H](C)O)C(=O)O. The summed E-state index contributed by atoms with van der Waals surface area (Å²) in [6.45, 7) is 0.126. The number of carbonyl (C=O) groups excluding carboxylic acids is 7. The topological polar surface area (TPSA) is 400 Å². The average molecular weight is 760 g/mol. The van der Waals surface area contributed by atoms with E-state index in [0.29, 0.717) is 6.42 Å². The number of nitrogens with two attached hydrogens (primary N) is 3. The maximum atomic E-state index is 13.2. The van der Waals surface area contributed by atoms with E-state index in [1.54, 1.807) is 0 Å². The molecule has 1 rings (SSSR count). The van der Waals surface area contributed by atoms with Crippen molar-refractivity contribution < 1.29 is 63.6 Å². The van der Waals surface area contributed by atoms with Gasteiger partial charge in [-0.2, -0.15) is 0 Å². The smallest absolute Gasteiger partial charge is 0.325 e. The highest BCUT2D eigenvalue weighted by Gasteiger charge is 2.39. The van der Waals surface area contributed by atoms with Gasteiger partial charge in [-0.1, -0.05) is 0 Å². The molecule has 298 valence electrons. The third kappa shape index (κ3) is 16.1. The summed E-state index contributed by atoms with van der Waals surface area (Å²) in [6.07, 6.45) is -1.59. The van der Waals surface area contributed by atoms with Gasteiger partial charge in [0.25, 0.3) is 0 Å². The molecular formula is C29H49N11O13. The summed E-state index contributed by atoms with van der Waals surface area (Å²) in [6, 6.07) is -8.50. The highest BCUT2D eigenvalue weighted by Crippen LogP contribution is 2.19. The Hall–Kier alpha value is -5.62. The predicted molar refractivity (Wildman–Crippen MR) is 181 cm³/mol. The zero-order chi connectivity index (χ0) is 40.4. The fourth-order valence-corrected chi connectivity index (χ4v) is 4.77. The number of likely N-dealkylation sites (tertiary alicyclic amines) is 1. The van der Waals surface area contributed by atoms with Crippen LogP contribution in [0.1, 0.15) is 46.0 Å². The molecule has 7 atom stereocenters. The molecule has 1 fully saturated rings. The minimum absolute atomic E-state index is 0.0290. The van der Waals surface area contributed by atoms with Crippen molar-refractivity contribution >= 4 is 59.2 Å². The number of aliphatic carboxylic acids is 2. The molecule has 16 N–H and O–H groups in total. The number of nitrogens with zero attached hydrogens (tertiary/aromatic N) is 2. The van der Waals surface area contributed by atoms with Crippen LogP contribution < -0.4 is 49.1 Å². The number of aliphatic hydroxyl groups excluding tert-OH is 2. The molecule has 0 aromatic heterocycles. The van der Waals surface area contributed by atoms with Gasteiger partial charge in [-0.25, -0.2) is 0 Å². The number of guanidine groups is 1. The highest BCUT2D eigenvalue weighted by molar-refractivity contribution is 5.97. The van der Waals surface area contributed by atoms with Gasteiger partial charge in [-0.05, 0) is 39.5 Å². The van der Waals surface area contributed by atoms with Crippen molar-refractivity contribution in [3.63, 3.8) is 0 Å². The summed E-state index contributed by atoms with van der Waals surface area (Å²) in [4.78, 5) is 116. The van der Waals surface area contributed by atoms with Gasteiger partial charge < -0.3 is 74.4 Å². The third-order valence-corrected chi connectivity index (χ3v) is 7.66. The van der Waals surface area contributed by atoms with Gasteiger partial charge in [-0.3, -0.25) is 48.1 Å². The van der Waals surface area contributed by atoms with E-state index >= 15 is 0 Å². The molecule has 1 aliphatic rings. The number of hydrogen-bond acceptors (Lipinski definition) is 13. The summed E-state index contributed by atoms with van der Waals surface area (Å²) < 4.78 is 0. The largest absolute Gasteiger partial charge is 0.481 e. The first-order valence-electron chi connectivity index (χ1n) is 16.4. The van der Waals surface area contributed by atoms with E-state index in [1.807, 2.05) is 0 Å². The van der Waals surface area contributed by atoms with E-state index in [9.17, 15) is 58.5 Å². The lowest BCUT2D eigenvalue weighted by molar-refractivity contribution is -0.145. The molecule has 0 aromatic carbocycles. The third-order valence-electron chi connectivity index (χ3n) is 7.66. The van der Waals surface area contributed by atoms with Gasteiger partial charge in [0.2, 0.25) is 41.4 Å². The molecule has 0 spiro atoms. The van der Waals surface area contributed by atoms with Crippen LogP contribution in [-0.4, -0.2) is 160 Å². The number of nitrogens with one attached hydrogen (secondary N) is 6. The number of aliphatic hydroxyl groups is 2. The molecule has 0 bridgehead atoms. The highest BCUT2D eigenvalue weighted by atomic mass is 16.4. The fraction of sp³-hybridized carbons (Fsp3) is 0.655. The molecule has 24 heteroatoms. The molecule has 53 heavy (non-hydrogen) atoms. The zero-order valence-electron chi connectivity index (χ0n) is 29.2. The van der Waals surface area contributed by atoms with Gasteiger partial charge in [0, 0.05) is 13.1 Å². The summed E-state index contributed by atoms with van der Waals surface area (Å²) in [5.74, 6) is -9.65. The first-order chi connectivity index (χ1) is 24.8. The Morgan fingerprint density at radius 2 is 1.42 bits per heavy atom. The number of carbonyl (C=O) groups is 9. The molecule has 1 saturated heterocycles. The standard InChI is InChI=1S/C29H49N11O13/c1-13(28(52)53)36-25(49)18-6-4-8-40(18)27(51)17(12-41)39-24(48)16(9-21(45)46)38-20(44)10-34-23(47)15(5-3-7-33-29(31)32)37-19(43)11-35-26(50)22(30)14(2)42/h13-18,22,41-42H,3-12,30H2,1-2H3,(H,34,47)(H,35,50)(H,36,49)(H,37,43)(H,38,44)(H,39,48)(H,45,46)(H,52,53)(H4,31,32,33)/t13-,14+,15-,16-,17-,18-,22-/m0/s1. The number of hydrogen-bond donors (Lipinski definition) is 13. The second-order valence-corrected chi connectivity index (χ2v) is 12.0. The normalized spacial score (nSPS) is 17.0. The van der Waals surface area contributed by atoms with E-state index in [4.69, 9.17) is 22.3 Å². The summed E-state index contributed by atoms with van der Waals surface area (Å²) in [7, 11) is 0. The van der Waals surface area contributed by atoms with E-state index < -0.39 is 122 Å². The lowest BCUT2D eigenvalue weighted by Gasteiger charge is -2.29. The Labute approximate surface area is 303 Å². The molecule has 0 aromatic rings. The number of aliphatic imine (C=N–C) groups is 1. The van der Waals surface area contributed by atoms with Crippen molar-refractivity contribution in [2.24, 2.45) is 22.2 Å². The van der Waals surface area contributed by atoms with E-state index in [0.717, 1.165) is 4.90 Å². The maximum Gasteiger partial charge on any atom is 0.325 e. The first kappa shape index (κ1) is 45.4. The van der Waals surface area contributed by atoms with Gasteiger partial charge >= 0.3 is 11.9 Å². The van der Waals surface area contributed by atoms with Gasteiger partial charge in [0.15, 0.2) is 5.96 Å². The van der Waals surface area contributed by atoms with Crippen molar-refractivity contribution in [1.82, 2.24) is 36.8 Å². The quantitative estimate of drug-likeness (QED) is 0.0277. The van der Waals surface area contributed by atoms with Gasteiger partial charge in [-0.15, -0.1) is 0 Å². The average Bonchev–Trinajstić information content (AvgIpc) is 3.58. The molecule has 0 aliphatic carbocycles. The number of rotatable bonds is 22. The molecule has 0 radical (unpaired) electrons. The Kier molecular flexibility index (Phi) is 19.1. The van der Waals surface area contributed by atoms with Crippen LogP contribution in [0.25, 0.3) is 0 Å². The van der Waals surface area contributed by atoms with Crippen LogP contribution in [0.4, 0.5) is 0 Å². The Morgan fingerprint density at radius 3 is 1.94 bits per heavy atom. The number of amides is 7. The predicted octanol–water partition coefficient (Wildman–Crippen LogP) is -7.52. The van der Waals surface area contributed by atoms with E-state index in [-0.39, 0.29) is 38.3 Å². The molecule has 0 saturated carbocycles. The Bertz CT molecular complexity index is 1390. The monoisotopic (exact) mass is 759 g/mol. The van der Waals surface area contributed by atoms with Crippen LogP contribution in [0.5, 0.6) is 0 Å². The first-order valence-corrected chi connectivity index (χ1v) is 16.4. The van der Waals surface area contributed by atoms with Crippen LogP contribution in [0.3, 0.4) is 0 Å². The van der Waals surface area contributed by atoms with Crippen LogP contribution in [0.2, 0.25) is 0 Å².